The second-order valence-corrected chi connectivity index (χ2v) is 6.53. The number of nitrogens with zero attached hydrogens (tertiary/aromatic N) is 3. The van der Waals surface area contributed by atoms with Crippen molar-refractivity contribution in [2.45, 2.75) is 13.3 Å². The van der Waals surface area contributed by atoms with Crippen LogP contribution in [0.5, 0.6) is 0 Å². The molecule has 6 heteroatoms. The van der Waals surface area contributed by atoms with Gasteiger partial charge in [0.2, 0.25) is 0 Å². The lowest BCUT2D eigenvalue weighted by atomic mass is 10.1. The standard InChI is InChI=1S/C18H24N4O2/c1-14-16(11-19)3-2-4-17(14)20-18(23)22-6-5-15(13-22)12-21-7-9-24-10-8-21/h2-4,15H,5-10,12-13H2,1H3,(H,20,23)/t15-/m0/s1. The topological polar surface area (TPSA) is 68.6 Å². The number of hydrogen-bond acceptors (Lipinski definition) is 4. The Morgan fingerprint density at radius 2 is 2.17 bits per heavy atom. The monoisotopic (exact) mass is 328 g/mol. The number of amides is 2. The van der Waals surface area contributed by atoms with Crippen LogP contribution in [0.2, 0.25) is 0 Å². The number of rotatable bonds is 3. The minimum absolute atomic E-state index is 0.0716. The van der Waals surface area contributed by atoms with Crippen molar-refractivity contribution in [3.63, 3.8) is 0 Å². The van der Waals surface area contributed by atoms with Gasteiger partial charge in [0.1, 0.15) is 0 Å². The van der Waals surface area contributed by atoms with E-state index in [-0.39, 0.29) is 6.03 Å². The first-order valence-corrected chi connectivity index (χ1v) is 8.53. The molecule has 0 bridgehead atoms. The Labute approximate surface area is 143 Å². The van der Waals surface area contributed by atoms with Gasteiger partial charge in [-0.2, -0.15) is 5.26 Å². The number of morpholine rings is 1. The molecule has 0 unspecified atom stereocenters. The van der Waals surface area contributed by atoms with Crippen LogP contribution < -0.4 is 5.32 Å². The molecule has 1 N–H and O–H groups in total. The van der Waals surface area contributed by atoms with E-state index in [1.807, 2.05) is 17.9 Å². The van der Waals surface area contributed by atoms with Gasteiger partial charge in [0.15, 0.2) is 0 Å². The van der Waals surface area contributed by atoms with Crippen LogP contribution in [0.4, 0.5) is 10.5 Å². The number of benzene rings is 1. The summed E-state index contributed by atoms with van der Waals surface area (Å²) < 4.78 is 5.38. The van der Waals surface area contributed by atoms with Crippen molar-refractivity contribution in [1.29, 1.82) is 5.26 Å². The SMILES string of the molecule is Cc1c(C#N)cccc1NC(=O)N1CC[C@@H](CN2CCOCC2)C1. The van der Waals surface area contributed by atoms with E-state index in [9.17, 15) is 4.79 Å². The molecule has 1 atom stereocenters. The van der Waals surface area contributed by atoms with Crippen molar-refractivity contribution >= 4 is 11.7 Å². The van der Waals surface area contributed by atoms with Crippen molar-refractivity contribution in [2.24, 2.45) is 5.92 Å². The van der Waals surface area contributed by atoms with Crippen molar-refractivity contribution in [2.75, 3.05) is 51.3 Å². The van der Waals surface area contributed by atoms with Crippen LogP contribution in [0.1, 0.15) is 17.5 Å². The third kappa shape index (κ3) is 3.86. The molecule has 128 valence electrons. The van der Waals surface area contributed by atoms with Crippen LogP contribution in [0.3, 0.4) is 0 Å². The van der Waals surface area contributed by atoms with Gasteiger partial charge in [-0.3, -0.25) is 4.90 Å². The first kappa shape index (κ1) is 16.7. The average Bonchev–Trinajstić information content (AvgIpc) is 3.06. The second kappa shape index (κ2) is 7.65. The molecule has 0 aliphatic carbocycles. The molecular weight excluding hydrogens is 304 g/mol. The second-order valence-electron chi connectivity index (χ2n) is 6.53. The third-order valence-corrected chi connectivity index (χ3v) is 4.89. The average molecular weight is 328 g/mol. The van der Waals surface area contributed by atoms with E-state index in [4.69, 9.17) is 10.00 Å². The lowest BCUT2D eigenvalue weighted by Crippen LogP contribution is -2.40. The highest BCUT2D eigenvalue weighted by Crippen LogP contribution is 2.22. The Bertz CT molecular complexity index is 634. The number of hydrogen-bond donors (Lipinski definition) is 1. The zero-order chi connectivity index (χ0) is 16.9. The molecule has 0 aromatic heterocycles. The quantitative estimate of drug-likeness (QED) is 0.922. The maximum absolute atomic E-state index is 12.5. The van der Waals surface area contributed by atoms with E-state index in [0.29, 0.717) is 11.5 Å². The minimum Gasteiger partial charge on any atom is -0.379 e. The predicted octanol–water partition coefficient (Wildman–Crippen LogP) is 2.05. The first-order valence-electron chi connectivity index (χ1n) is 8.53. The Hall–Kier alpha value is -2.10. The largest absolute Gasteiger partial charge is 0.379 e. The molecule has 2 fully saturated rings. The van der Waals surface area contributed by atoms with Crippen LogP contribution >= 0.6 is 0 Å². The lowest BCUT2D eigenvalue weighted by molar-refractivity contribution is 0.0314. The summed E-state index contributed by atoms with van der Waals surface area (Å²) in [7, 11) is 0. The number of ether oxygens (including phenoxy) is 1. The summed E-state index contributed by atoms with van der Waals surface area (Å²) in [4.78, 5) is 16.8. The number of nitriles is 1. The number of likely N-dealkylation sites (tertiary alicyclic amines) is 1. The molecule has 1 aromatic rings. The van der Waals surface area contributed by atoms with Crippen LogP contribution in [-0.2, 0) is 4.74 Å². The maximum atomic E-state index is 12.5. The molecule has 24 heavy (non-hydrogen) atoms. The van der Waals surface area contributed by atoms with Crippen molar-refractivity contribution in [3.8, 4) is 6.07 Å². The zero-order valence-corrected chi connectivity index (χ0v) is 14.1. The number of carbonyl (C=O) groups excluding carboxylic acids is 1. The van der Waals surface area contributed by atoms with Gasteiger partial charge in [-0.15, -0.1) is 0 Å². The Balaban J connectivity index is 1.54. The fourth-order valence-electron chi connectivity index (χ4n) is 3.40. The van der Waals surface area contributed by atoms with Crippen LogP contribution in [-0.4, -0.2) is 61.8 Å². The van der Waals surface area contributed by atoms with Gasteiger partial charge >= 0.3 is 6.03 Å². The molecule has 2 aliphatic rings. The summed E-state index contributed by atoms with van der Waals surface area (Å²) in [6.45, 7) is 8.08. The van der Waals surface area contributed by atoms with Crippen molar-refractivity contribution in [1.82, 2.24) is 9.80 Å². The normalized spacial score (nSPS) is 21.5. The molecule has 0 saturated carbocycles. The van der Waals surface area contributed by atoms with E-state index in [2.05, 4.69) is 16.3 Å². The molecule has 2 amide bonds. The molecule has 2 heterocycles. The van der Waals surface area contributed by atoms with E-state index in [1.165, 1.54) is 0 Å². The first-order chi connectivity index (χ1) is 11.7. The molecule has 0 radical (unpaired) electrons. The van der Waals surface area contributed by atoms with Gasteiger partial charge in [0.05, 0.1) is 24.8 Å². The third-order valence-electron chi connectivity index (χ3n) is 4.89. The molecule has 2 saturated heterocycles. The van der Waals surface area contributed by atoms with E-state index in [0.717, 1.165) is 63.6 Å². The Kier molecular flexibility index (Phi) is 5.34. The molecule has 1 aromatic carbocycles. The molecule has 6 nitrogen and oxygen atoms in total. The van der Waals surface area contributed by atoms with E-state index in [1.54, 1.807) is 12.1 Å². The van der Waals surface area contributed by atoms with Crippen molar-refractivity contribution in [3.05, 3.63) is 29.3 Å². The maximum Gasteiger partial charge on any atom is 0.321 e. The highest BCUT2D eigenvalue weighted by atomic mass is 16.5. The lowest BCUT2D eigenvalue weighted by Gasteiger charge is -2.29. The van der Waals surface area contributed by atoms with Crippen LogP contribution in [0, 0.1) is 24.2 Å². The highest BCUT2D eigenvalue weighted by molar-refractivity contribution is 5.90. The minimum atomic E-state index is -0.0716. The van der Waals surface area contributed by atoms with Gasteiger partial charge in [-0.25, -0.2) is 4.79 Å². The molecule has 2 aliphatic heterocycles. The number of nitrogens with one attached hydrogen (secondary N) is 1. The summed E-state index contributed by atoms with van der Waals surface area (Å²) in [5, 5.41) is 12.0. The van der Waals surface area contributed by atoms with Gasteiger partial charge in [-0.05, 0) is 37.0 Å². The fraction of sp³-hybridized carbons (Fsp3) is 0.556. The summed E-state index contributed by atoms with van der Waals surface area (Å²) in [5.74, 6) is 0.528. The highest BCUT2D eigenvalue weighted by Gasteiger charge is 2.28. The number of carbonyl (C=O) groups is 1. The van der Waals surface area contributed by atoms with Gasteiger partial charge in [0.25, 0.3) is 0 Å². The van der Waals surface area contributed by atoms with Crippen molar-refractivity contribution < 1.29 is 9.53 Å². The van der Waals surface area contributed by atoms with Gasteiger partial charge < -0.3 is 15.0 Å². The van der Waals surface area contributed by atoms with Gasteiger partial charge in [0, 0.05) is 38.4 Å². The summed E-state index contributed by atoms with van der Waals surface area (Å²) in [5.41, 5.74) is 2.13. The molecule has 0 spiro atoms. The number of urea groups is 1. The molecular formula is C18H24N4O2. The van der Waals surface area contributed by atoms with E-state index < -0.39 is 0 Å². The zero-order valence-electron chi connectivity index (χ0n) is 14.1. The van der Waals surface area contributed by atoms with Crippen LogP contribution in [0.15, 0.2) is 18.2 Å². The number of anilines is 1. The summed E-state index contributed by atoms with van der Waals surface area (Å²) >= 11 is 0. The summed E-state index contributed by atoms with van der Waals surface area (Å²) in [6.07, 6.45) is 1.04. The fourth-order valence-corrected chi connectivity index (χ4v) is 3.40. The Morgan fingerprint density at radius 3 is 2.92 bits per heavy atom. The van der Waals surface area contributed by atoms with Gasteiger partial charge in [-0.1, -0.05) is 6.07 Å². The Morgan fingerprint density at radius 1 is 1.38 bits per heavy atom. The van der Waals surface area contributed by atoms with Crippen LogP contribution in [0.25, 0.3) is 0 Å². The van der Waals surface area contributed by atoms with E-state index >= 15 is 0 Å². The smallest absolute Gasteiger partial charge is 0.321 e. The molecule has 3 rings (SSSR count). The predicted molar refractivity (Wildman–Crippen MR) is 91.9 cm³/mol. The summed E-state index contributed by atoms with van der Waals surface area (Å²) in [6, 6.07) is 7.48.